The molecule has 1 saturated heterocycles. The molecule has 15 heavy (non-hydrogen) atoms. The van der Waals surface area contributed by atoms with Crippen LogP contribution in [0.4, 0.5) is 0 Å². The van der Waals surface area contributed by atoms with E-state index in [4.69, 9.17) is 5.73 Å². The second-order valence-electron chi connectivity index (χ2n) is 5.00. The van der Waals surface area contributed by atoms with Crippen molar-refractivity contribution in [1.82, 2.24) is 4.90 Å². The third-order valence-corrected chi connectivity index (χ3v) is 5.25. The normalized spacial score (nSPS) is 30.5. The summed E-state index contributed by atoms with van der Waals surface area (Å²) < 4.78 is 22.8. The lowest BCUT2D eigenvalue weighted by atomic mass is 9.77. The monoisotopic (exact) mass is 232 g/mol. The lowest BCUT2D eigenvalue weighted by Gasteiger charge is -2.41. The zero-order chi connectivity index (χ0) is 10.9. The number of nitrogens with two attached hydrogens (primary N) is 1. The second-order valence-corrected chi connectivity index (χ2v) is 7.30. The number of nitrogens with zero attached hydrogens (tertiary/aromatic N) is 1. The summed E-state index contributed by atoms with van der Waals surface area (Å²) in [5.74, 6) is 0.657. The number of hydrogen-bond donors (Lipinski definition) is 1. The van der Waals surface area contributed by atoms with E-state index < -0.39 is 9.84 Å². The Labute approximate surface area is 91.7 Å². The van der Waals surface area contributed by atoms with Crippen molar-refractivity contribution in [3.8, 4) is 0 Å². The molecular formula is C10H20N2O2S. The molecule has 2 rings (SSSR count). The van der Waals surface area contributed by atoms with Gasteiger partial charge in [-0.25, -0.2) is 8.42 Å². The quantitative estimate of drug-likeness (QED) is 0.727. The molecule has 1 aliphatic heterocycles. The third-order valence-electron chi connectivity index (χ3n) is 3.54. The Balaban J connectivity index is 1.88. The number of rotatable bonds is 2. The molecule has 2 fully saturated rings. The van der Waals surface area contributed by atoms with Crippen LogP contribution in [0.5, 0.6) is 0 Å². The summed E-state index contributed by atoms with van der Waals surface area (Å²) in [6, 6.07) is 0. The molecule has 0 atom stereocenters. The van der Waals surface area contributed by atoms with E-state index in [-0.39, 0.29) is 5.54 Å². The van der Waals surface area contributed by atoms with E-state index in [1.165, 1.54) is 6.42 Å². The maximum atomic E-state index is 11.4. The van der Waals surface area contributed by atoms with Crippen LogP contribution in [-0.2, 0) is 9.84 Å². The molecule has 0 aromatic carbocycles. The first kappa shape index (κ1) is 11.4. The van der Waals surface area contributed by atoms with Gasteiger partial charge in [0, 0.05) is 18.6 Å². The minimum Gasteiger partial charge on any atom is -0.324 e. The van der Waals surface area contributed by atoms with Gasteiger partial charge in [-0.2, -0.15) is 0 Å². The molecule has 0 aromatic heterocycles. The van der Waals surface area contributed by atoms with Crippen molar-refractivity contribution < 1.29 is 8.42 Å². The third kappa shape index (κ3) is 2.92. The van der Waals surface area contributed by atoms with E-state index in [0.717, 1.165) is 32.4 Å². The smallest absolute Gasteiger partial charge is 0.151 e. The minimum atomic E-state index is -2.78. The Bertz CT molecular complexity index is 322. The Morgan fingerprint density at radius 1 is 1.13 bits per heavy atom. The lowest BCUT2D eigenvalue weighted by molar-refractivity contribution is 0.151. The van der Waals surface area contributed by atoms with E-state index >= 15 is 0 Å². The second kappa shape index (κ2) is 4.03. The molecule has 0 bridgehead atoms. The molecule has 2 N–H and O–H groups in total. The van der Waals surface area contributed by atoms with E-state index in [0.29, 0.717) is 18.1 Å². The van der Waals surface area contributed by atoms with Crippen LogP contribution in [0.3, 0.4) is 0 Å². The van der Waals surface area contributed by atoms with Crippen LogP contribution >= 0.6 is 0 Å². The van der Waals surface area contributed by atoms with Gasteiger partial charge in [0.2, 0.25) is 0 Å². The summed E-state index contributed by atoms with van der Waals surface area (Å²) in [6.07, 6.45) is 4.17. The molecule has 1 heterocycles. The van der Waals surface area contributed by atoms with Crippen molar-refractivity contribution in [2.24, 2.45) is 5.73 Å². The number of sulfone groups is 1. The first-order chi connectivity index (χ1) is 6.99. The van der Waals surface area contributed by atoms with E-state index in [9.17, 15) is 8.42 Å². The molecule has 2 aliphatic rings. The van der Waals surface area contributed by atoms with Crippen LogP contribution in [0, 0.1) is 0 Å². The summed E-state index contributed by atoms with van der Waals surface area (Å²) >= 11 is 0. The zero-order valence-corrected chi connectivity index (χ0v) is 9.93. The standard InChI is InChI=1S/C10H20N2O2S/c11-10(3-1-4-10)9-12-5-2-7-15(13,14)8-6-12/h1-9,11H2. The Hall–Kier alpha value is -0.130. The predicted octanol–water partition coefficient (Wildman–Crippen LogP) is -0.0117. The first-order valence-corrected chi connectivity index (χ1v) is 7.53. The molecule has 0 unspecified atom stereocenters. The summed E-state index contributed by atoms with van der Waals surface area (Å²) in [7, 11) is -2.78. The molecule has 0 aromatic rings. The topological polar surface area (TPSA) is 63.4 Å². The van der Waals surface area contributed by atoms with E-state index in [2.05, 4.69) is 4.90 Å². The molecule has 0 amide bonds. The summed E-state index contributed by atoms with van der Waals surface area (Å²) in [4.78, 5) is 2.23. The Morgan fingerprint density at radius 2 is 1.87 bits per heavy atom. The largest absolute Gasteiger partial charge is 0.324 e. The van der Waals surface area contributed by atoms with Crippen LogP contribution in [0.2, 0.25) is 0 Å². The molecule has 88 valence electrons. The fourth-order valence-corrected chi connectivity index (χ4v) is 3.69. The van der Waals surface area contributed by atoms with Crippen LogP contribution < -0.4 is 5.73 Å². The van der Waals surface area contributed by atoms with E-state index in [1.54, 1.807) is 0 Å². The van der Waals surface area contributed by atoms with Gasteiger partial charge in [0.05, 0.1) is 11.5 Å². The fourth-order valence-electron chi connectivity index (χ4n) is 2.38. The van der Waals surface area contributed by atoms with Gasteiger partial charge in [-0.15, -0.1) is 0 Å². The minimum absolute atomic E-state index is 0.0197. The van der Waals surface area contributed by atoms with Crippen molar-refractivity contribution in [2.45, 2.75) is 31.2 Å². The average Bonchev–Trinajstić information content (AvgIpc) is 2.25. The first-order valence-electron chi connectivity index (χ1n) is 5.71. The highest BCUT2D eigenvalue weighted by Gasteiger charge is 2.34. The maximum Gasteiger partial charge on any atom is 0.151 e. The molecule has 0 spiro atoms. The molecular weight excluding hydrogens is 212 g/mol. The van der Waals surface area contributed by atoms with Gasteiger partial charge < -0.3 is 10.6 Å². The molecule has 1 aliphatic carbocycles. The van der Waals surface area contributed by atoms with Gasteiger partial charge in [-0.1, -0.05) is 0 Å². The van der Waals surface area contributed by atoms with Crippen LogP contribution in [0.1, 0.15) is 25.7 Å². The summed E-state index contributed by atoms with van der Waals surface area (Å²) in [5.41, 5.74) is 6.14. The van der Waals surface area contributed by atoms with Crippen LogP contribution in [0.15, 0.2) is 0 Å². The Morgan fingerprint density at radius 3 is 2.47 bits per heavy atom. The zero-order valence-electron chi connectivity index (χ0n) is 9.11. The van der Waals surface area contributed by atoms with E-state index in [1.807, 2.05) is 0 Å². The molecule has 0 radical (unpaired) electrons. The van der Waals surface area contributed by atoms with Crippen molar-refractivity contribution in [2.75, 3.05) is 31.1 Å². The highest BCUT2D eigenvalue weighted by molar-refractivity contribution is 7.91. The highest BCUT2D eigenvalue weighted by Crippen LogP contribution is 2.30. The lowest BCUT2D eigenvalue weighted by Crippen LogP contribution is -2.55. The van der Waals surface area contributed by atoms with Gasteiger partial charge >= 0.3 is 0 Å². The highest BCUT2D eigenvalue weighted by atomic mass is 32.2. The summed E-state index contributed by atoms with van der Waals surface area (Å²) in [6.45, 7) is 2.43. The SMILES string of the molecule is NC1(CN2CCCS(=O)(=O)CC2)CCC1. The summed E-state index contributed by atoms with van der Waals surface area (Å²) in [5, 5.41) is 0. The Kier molecular flexibility index (Phi) is 3.05. The van der Waals surface area contributed by atoms with Crippen LogP contribution in [0.25, 0.3) is 0 Å². The van der Waals surface area contributed by atoms with Crippen molar-refractivity contribution in [3.05, 3.63) is 0 Å². The maximum absolute atomic E-state index is 11.4. The fraction of sp³-hybridized carbons (Fsp3) is 1.00. The van der Waals surface area contributed by atoms with Gasteiger partial charge in [0.1, 0.15) is 0 Å². The average molecular weight is 232 g/mol. The molecule has 5 heteroatoms. The predicted molar refractivity (Wildman–Crippen MR) is 60.5 cm³/mol. The van der Waals surface area contributed by atoms with Gasteiger partial charge in [0.15, 0.2) is 9.84 Å². The van der Waals surface area contributed by atoms with Crippen molar-refractivity contribution in [3.63, 3.8) is 0 Å². The van der Waals surface area contributed by atoms with Crippen LogP contribution in [-0.4, -0.2) is 50.0 Å². The van der Waals surface area contributed by atoms with Crippen molar-refractivity contribution >= 4 is 9.84 Å². The van der Waals surface area contributed by atoms with Gasteiger partial charge in [0.25, 0.3) is 0 Å². The number of hydrogen-bond acceptors (Lipinski definition) is 4. The van der Waals surface area contributed by atoms with Gasteiger partial charge in [-0.3, -0.25) is 0 Å². The molecule has 4 nitrogen and oxygen atoms in total. The van der Waals surface area contributed by atoms with Crippen molar-refractivity contribution in [1.29, 1.82) is 0 Å². The molecule has 1 saturated carbocycles. The van der Waals surface area contributed by atoms with Gasteiger partial charge in [-0.05, 0) is 32.2 Å².